The van der Waals surface area contributed by atoms with Crippen LogP contribution >= 0.6 is 0 Å². The van der Waals surface area contributed by atoms with Crippen molar-refractivity contribution in [3.05, 3.63) is 61.2 Å². The summed E-state index contributed by atoms with van der Waals surface area (Å²) in [6.45, 7) is 8.93. The van der Waals surface area contributed by atoms with Gasteiger partial charge in [-0.3, -0.25) is 4.90 Å². The van der Waals surface area contributed by atoms with Crippen molar-refractivity contribution in [2.45, 2.75) is 37.9 Å². The highest BCUT2D eigenvalue weighted by Gasteiger charge is 2.26. The Labute approximate surface area is 104 Å². The molecule has 1 aromatic rings. The van der Waals surface area contributed by atoms with Crippen molar-refractivity contribution in [3.63, 3.8) is 0 Å². The fourth-order valence-electron chi connectivity index (χ4n) is 2.65. The number of piperidine rings is 1. The smallest absolute Gasteiger partial charge is 0.0285 e. The van der Waals surface area contributed by atoms with Gasteiger partial charge in [0.25, 0.3) is 0 Å². The SMILES string of the molecule is C=C[C@H]1CCC[C@H](C=C)N1Cc1ccccc1. The average Bonchev–Trinajstić information content (AvgIpc) is 2.40. The predicted octanol–water partition coefficient (Wildman–Crippen LogP) is 3.78. The van der Waals surface area contributed by atoms with E-state index in [9.17, 15) is 0 Å². The van der Waals surface area contributed by atoms with Gasteiger partial charge in [-0.15, -0.1) is 13.2 Å². The molecule has 1 saturated heterocycles. The molecule has 0 radical (unpaired) electrons. The van der Waals surface area contributed by atoms with E-state index in [4.69, 9.17) is 0 Å². The monoisotopic (exact) mass is 227 g/mol. The molecular formula is C16H21N. The van der Waals surface area contributed by atoms with Gasteiger partial charge in [-0.25, -0.2) is 0 Å². The summed E-state index contributed by atoms with van der Waals surface area (Å²) < 4.78 is 0. The first-order valence-electron chi connectivity index (χ1n) is 6.40. The van der Waals surface area contributed by atoms with Gasteiger partial charge in [-0.1, -0.05) is 42.5 Å². The van der Waals surface area contributed by atoms with Crippen LogP contribution in [-0.4, -0.2) is 17.0 Å². The normalized spacial score (nSPS) is 25.4. The maximum Gasteiger partial charge on any atom is 0.0285 e. The summed E-state index contributed by atoms with van der Waals surface area (Å²) in [5.74, 6) is 0. The molecule has 17 heavy (non-hydrogen) atoms. The van der Waals surface area contributed by atoms with Crippen LogP contribution in [0.3, 0.4) is 0 Å². The maximum absolute atomic E-state index is 3.97. The lowest BCUT2D eigenvalue weighted by atomic mass is 9.94. The van der Waals surface area contributed by atoms with Crippen molar-refractivity contribution in [2.24, 2.45) is 0 Å². The molecule has 2 atom stereocenters. The fraction of sp³-hybridized carbons (Fsp3) is 0.375. The minimum absolute atomic E-state index is 0.493. The molecule has 1 heteroatoms. The summed E-state index contributed by atoms with van der Waals surface area (Å²) in [6, 6.07) is 11.6. The van der Waals surface area contributed by atoms with Crippen molar-refractivity contribution >= 4 is 0 Å². The fourth-order valence-corrected chi connectivity index (χ4v) is 2.65. The van der Waals surface area contributed by atoms with Gasteiger partial charge in [0.2, 0.25) is 0 Å². The minimum atomic E-state index is 0.493. The Morgan fingerprint density at radius 3 is 2.18 bits per heavy atom. The van der Waals surface area contributed by atoms with E-state index in [2.05, 4.69) is 60.5 Å². The number of hydrogen-bond acceptors (Lipinski definition) is 1. The molecule has 1 aliphatic rings. The van der Waals surface area contributed by atoms with Crippen LogP contribution in [0.15, 0.2) is 55.6 Å². The van der Waals surface area contributed by atoms with Crippen LogP contribution in [0.2, 0.25) is 0 Å². The van der Waals surface area contributed by atoms with Crippen molar-refractivity contribution in [1.82, 2.24) is 4.90 Å². The molecule has 0 saturated carbocycles. The third-order valence-electron chi connectivity index (χ3n) is 3.60. The molecule has 0 unspecified atom stereocenters. The molecule has 0 bridgehead atoms. The van der Waals surface area contributed by atoms with Gasteiger partial charge < -0.3 is 0 Å². The van der Waals surface area contributed by atoms with E-state index in [1.165, 1.54) is 24.8 Å². The largest absolute Gasteiger partial charge is 0.286 e. The van der Waals surface area contributed by atoms with Crippen LogP contribution in [-0.2, 0) is 6.54 Å². The molecule has 1 aromatic carbocycles. The summed E-state index contributed by atoms with van der Waals surface area (Å²) in [5, 5.41) is 0. The van der Waals surface area contributed by atoms with Crippen LogP contribution in [0.5, 0.6) is 0 Å². The molecule has 0 aromatic heterocycles. The Kier molecular flexibility index (Phi) is 4.16. The van der Waals surface area contributed by atoms with Crippen LogP contribution < -0.4 is 0 Å². The molecule has 0 spiro atoms. The number of hydrogen-bond donors (Lipinski definition) is 0. The number of nitrogens with zero attached hydrogens (tertiary/aromatic N) is 1. The lowest BCUT2D eigenvalue weighted by Gasteiger charge is -2.39. The van der Waals surface area contributed by atoms with Crippen molar-refractivity contribution in [1.29, 1.82) is 0 Å². The molecule has 0 N–H and O–H groups in total. The van der Waals surface area contributed by atoms with Crippen molar-refractivity contribution in [2.75, 3.05) is 0 Å². The standard InChI is InChI=1S/C16H21N/c1-3-15-11-8-12-16(4-2)17(15)13-14-9-6-5-7-10-14/h3-7,9-10,15-16H,1-2,8,11-13H2/t15-,16-/m0/s1. The predicted molar refractivity (Wildman–Crippen MR) is 73.8 cm³/mol. The second kappa shape index (κ2) is 5.83. The van der Waals surface area contributed by atoms with Crippen molar-refractivity contribution < 1.29 is 0 Å². The Morgan fingerprint density at radius 2 is 1.65 bits per heavy atom. The molecule has 0 aliphatic carbocycles. The van der Waals surface area contributed by atoms with Gasteiger partial charge in [0.1, 0.15) is 0 Å². The number of likely N-dealkylation sites (tertiary alicyclic amines) is 1. The lowest BCUT2D eigenvalue weighted by Crippen LogP contribution is -2.44. The first kappa shape index (κ1) is 12.1. The van der Waals surface area contributed by atoms with Crippen LogP contribution in [0.1, 0.15) is 24.8 Å². The second-order valence-corrected chi connectivity index (χ2v) is 4.69. The first-order chi connectivity index (χ1) is 8.35. The summed E-state index contributed by atoms with van der Waals surface area (Å²) in [5.41, 5.74) is 1.37. The lowest BCUT2D eigenvalue weighted by molar-refractivity contribution is 0.128. The Balaban J connectivity index is 2.13. The first-order valence-corrected chi connectivity index (χ1v) is 6.40. The minimum Gasteiger partial charge on any atom is -0.286 e. The zero-order valence-electron chi connectivity index (χ0n) is 10.4. The Hall–Kier alpha value is -1.34. The average molecular weight is 227 g/mol. The van der Waals surface area contributed by atoms with Crippen molar-refractivity contribution in [3.8, 4) is 0 Å². The maximum atomic E-state index is 3.97. The molecule has 90 valence electrons. The summed E-state index contributed by atoms with van der Waals surface area (Å²) >= 11 is 0. The van der Waals surface area contributed by atoms with Gasteiger partial charge in [-0.2, -0.15) is 0 Å². The van der Waals surface area contributed by atoms with Gasteiger partial charge >= 0.3 is 0 Å². The highest BCUT2D eigenvalue weighted by atomic mass is 15.2. The highest BCUT2D eigenvalue weighted by molar-refractivity contribution is 5.16. The Bertz CT molecular complexity index is 352. The summed E-state index contributed by atoms with van der Waals surface area (Å²) in [7, 11) is 0. The van der Waals surface area contributed by atoms with E-state index in [0.29, 0.717) is 12.1 Å². The van der Waals surface area contributed by atoms with E-state index in [1.807, 2.05) is 0 Å². The zero-order chi connectivity index (χ0) is 12.1. The zero-order valence-corrected chi connectivity index (χ0v) is 10.4. The molecule has 2 rings (SSSR count). The molecule has 1 aliphatic heterocycles. The van der Waals surface area contributed by atoms with Crippen LogP contribution in [0, 0.1) is 0 Å². The molecule has 1 nitrogen and oxygen atoms in total. The van der Waals surface area contributed by atoms with Crippen LogP contribution in [0.25, 0.3) is 0 Å². The molecule has 0 amide bonds. The Morgan fingerprint density at radius 1 is 1.06 bits per heavy atom. The van der Waals surface area contributed by atoms with E-state index < -0.39 is 0 Å². The number of benzene rings is 1. The summed E-state index contributed by atoms with van der Waals surface area (Å²) in [6.07, 6.45) is 7.89. The molecule has 1 heterocycles. The third-order valence-corrected chi connectivity index (χ3v) is 3.60. The van der Waals surface area contributed by atoms with E-state index in [0.717, 1.165) is 6.54 Å². The van der Waals surface area contributed by atoms with Gasteiger partial charge in [0.15, 0.2) is 0 Å². The van der Waals surface area contributed by atoms with Crippen LogP contribution in [0.4, 0.5) is 0 Å². The van der Waals surface area contributed by atoms with E-state index in [1.54, 1.807) is 0 Å². The molecule has 1 fully saturated rings. The quantitative estimate of drug-likeness (QED) is 0.707. The van der Waals surface area contributed by atoms with E-state index in [-0.39, 0.29) is 0 Å². The highest BCUT2D eigenvalue weighted by Crippen LogP contribution is 2.26. The van der Waals surface area contributed by atoms with E-state index >= 15 is 0 Å². The van der Waals surface area contributed by atoms with Gasteiger partial charge in [0, 0.05) is 18.6 Å². The molecular weight excluding hydrogens is 206 g/mol. The summed E-state index contributed by atoms with van der Waals surface area (Å²) in [4.78, 5) is 2.51. The number of rotatable bonds is 4. The van der Waals surface area contributed by atoms with Gasteiger partial charge in [0.05, 0.1) is 0 Å². The third kappa shape index (κ3) is 2.86. The van der Waals surface area contributed by atoms with Gasteiger partial charge in [-0.05, 0) is 24.8 Å². The second-order valence-electron chi connectivity index (χ2n) is 4.69. The topological polar surface area (TPSA) is 3.24 Å².